The van der Waals surface area contributed by atoms with Crippen LogP contribution in [0, 0.1) is 10.8 Å². The number of anilines is 1. The average molecular weight is 422 g/mol. The lowest BCUT2D eigenvalue weighted by Crippen LogP contribution is -2.60. The molecule has 1 aliphatic heterocycles. The lowest BCUT2D eigenvalue weighted by molar-refractivity contribution is -0.0496. The Morgan fingerprint density at radius 2 is 1.88 bits per heavy atom. The summed E-state index contributed by atoms with van der Waals surface area (Å²) < 4.78 is 5.86. The summed E-state index contributed by atoms with van der Waals surface area (Å²) in [7, 11) is 0. The van der Waals surface area contributed by atoms with Gasteiger partial charge in [-0.2, -0.15) is 0 Å². The van der Waals surface area contributed by atoms with Crippen LogP contribution in [0.15, 0.2) is 24.3 Å². The van der Waals surface area contributed by atoms with E-state index in [4.69, 9.17) is 10.1 Å². The molecular weight excluding hydrogens is 394 g/mol. The lowest BCUT2D eigenvalue weighted by Gasteiger charge is -2.53. The van der Waals surface area contributed by atoms with Crippen molar-refractivity contribution in [3.63, 3.8) is 0 Å². The number of ether oxygens (including phenoxy) is 1. The van der Waals surface area contributed by atoms with E-state index in [-0.39, 0.29) is 11.5 Å². The van der Waals surface area contributed by atoms with Crippen LogP contribution in [0.4, 0.5) is 10.5 Å². The largest absolute Gasteiger partial charge is 0.444 e. The third kappa shape index (κ3) is 4.40. The molecule has 2 fully saturated rings. The van der Waals surface area contributed by atoms with E-state index in [0.717, 1.165) is 50.0 Å². The van der Waals surface area contributed by atoms with Gasteiger partial charge < -0.3 is 15.0 Å². The van der Waals surface area contributed by atoms with Crippen molar-refractivity contribution in [3.05, 3.63) is 29.8 Å². The van der Waals surface area contributed by atoms with Crippen molar-refractivity contribution < 1.29 is 9.53 Å². The maximum Gasteiger partial charge on any atom is 0.410 e. The summed E-state index contributed by atoms with van der Waals surface area (Å²) in [5.41, 5.74) is 1.75. The molecule has 0 aromatic heterocycles. The zero-order valence-corrected chi connectivity index (χ0v) is 17.4. The van der Waals surface area contributed by atoms with Crippen molar-refractivity contribution >= 4 is 32.3 Å². The summed E-state index contributed by atoms with van der Waals surface area (Å²) in [5.74, 6) is 0. The van der Waals surface area contributed by atoms with Crippen molar-refractivity contribution in [2.45, 2.75) is 58.1 Å². The molecule has 2 N–H and O–H groups in total. The van der Waals surface area contributed by atoms with Crippen LogP contribution in [0.2, 0.25) is 0 Å². The minimum Gasteiger partial charge on any atom is -0.444 e. The normalized spacial score (nSPS) is 19.8. The van der Waals surface area contributed by atoms with Gasteiger partial charge in [0.15, 0.2) is 0 Å². The predicted octanol–water partition coefficient (Wildman–Crippen LogP) is 5.00. The van der Waals surface area contributed by atoms with E-state index in [1.54, 1.807) is 0 Å². The molecule has 1 amide bonds. The number of benzene rings is 1. The van der Waals surface area contributed by atoms with Gasteiger partial charge in [-0.15, -0.1) is 0 Å². The molecule has 0 atom stereocenters. The molecule has 26 heavy (non-hydrogen) atoms. The quantitative estimate of drug-likeness (QED) is 0.674. The lowest BCUT2D eigenvalue weighted by atomic mass is 9.67. The van der Waals surface area contributed by atoms with E-state index in [0.29, 0.717) is 10.7 Å². The Hall–Kier alpha value is -1.56. The second-order valence-electron chi connectivity index (χ2n) is 8.61. The van der Waals surface area contributed by atoms with E-state index >= 15 is 0 Å². The first kappa shape index (κ1) is 19.2. The summed E-state index contributed by atoms with van der Waals surface area (Å²) in [6.07, 6.45) is 4.24. The third-order valence-corrected chi connectivity index (χ3v) is 5.70. The molecule has 142 valence electrons. The molecule has 1 spiro atoms. The number of amides is 1. The topological polar surface area (TPSA) is 65.4 Å². The third-order valence-electron chi connectivity index (χ3n) is 5.27. The van der Waals surface area contributed by atoms with Gasteiger partial charge in [-0.25, -0.2) is 4.79 Å². The number of hydrogen-bond donors (Lipinski definition) is 2. The first-order valence-corrected chi connectivity index (χ1v) is 10.0. The minimum atomic E-state index is -0.433. The van der Waals surface area contributed by atoms with Crippen LogP contribution < -0.4 is 5.32 Å². The standard InChI is InChI=1S/C20H28BrN3O2/c1-19(2,3)26-18(25)24-12-20(13-24)10-8-14(9-11-20)23-16-7-5-4-6-15(16)17(21)22/h4-7,14,22-23H,8-13H2,1-3H3. The molecule has 1 saturated heterocycles. The zero-order valence-electron chi connectivity index (χ0n) is 15.8. The SMILES string of the molecule is CC(C)(C)OC(=O)N1CC2(CCC(Nc3ccccc3C(=N)Br)CC2)C1. The first-order valence-electron chi connectivity index (χ1n) is 9.25. The van der Waals surface area contributed by atoms with Crippen LogP contribution in [0.3, 0.4) is 0 Å². The van der Waals surface area contributed by atoms with E-state index in [2.05, 4.69) is 21.2 Å². The molecule has 5 nitrogen and oxygen atoms in total. The summed E-state index contributed by atoms with van der Waals surface area (Å²) in [5, 5.41) is 11.5. The number of rotatable bonds is 3. The average Bonchev–Trinajstić information content (AvgIpc) is 2.52. The monoisotopic (exact) mass is 421 g/mol. The van der Waals surface area contributed by atoms with Crippen molar-refractivity contribution in [2.24, 2.45) is 5.41 Å². The maximum absolute atomic E-state index is 12.1. The van der Waals surface area contributed by atoms with Gasteiger partial charge in [-0.3, -0.25) is 5.41 Å². The number of nitrogens with zero attached hydrogens (tertiary/aromatic N) is 1. The van der Waals surface area contributed by atoms with E-state index < -0.39 is 5.60 Å². The molecule has 1 aromatic carbocycles. The molecule has 1 saturated carbocycles. The van der Waals surface area contributed by atoms with Crippen LogP contribution in [-0.4, -0.2) is 40.3 Å². The molecule has 0 bridgehead atoms. The summed E-state index contributed by atoms with van der Waals surface area (Å²) >= 11 is 3.27. The van der Waals surface area contributed by atoms with Gasteiger partial charge >= 0.3 is 6.09 Å². The number of para-hydroxylation sites is 1. The number of nitrogens with one attached hydrogen (secondary N) is 2. The number of hydrogen-bond acceptors (Lipinski definition) is 4. The minimum absolute atomic E-state index is 0.187. The molecule has 0 radical (unpaired) electrons. The van der Waals surface area contributed by atoms with Gasteiger partial charge in [0, 0.05) is 35.8 Å². The Balaban J connectivity index is 1.50. The second kappa shape index (κ2) is 7.22. The van der Waals surface area contributed by atoms with Crippen LogP contribution in [0.5, 0.6) is 0 Å². The van der Waals surface area contributed by atoms with Crippen LogP contribution in [-0.2, 0) is 4.74 Å². The highest BCUT2D eigenvalue weighted by Gasteiger charge is 2.48. The molecule has 0 unspecified atom stereocenters. The van der Waals surface area contributed by atoms with Gasteiger partial charge in [0.05, 0.1) is 0 Å². The Morgan fingerprint density at radius 3 is 2.46 bits per heavy atom. The molecule has 1 aromatic rings. The van der Waals surface area contributed by atoms with Crippen LogP contribution in [0.1, 0.15) is 52.0 Å². The smallest absolute Gasteiger partial charge is 0.410 e. The summed E-state index contributed by atoms with van der Waals surface area (Å²) in [6.45, 7) is 7.35. The Kier molecular flexibility index (Phi) is 5.33. The van der Waals surface area contributed by atoms with Crippen molar-refractivity contribution in [1.29, 1.82) is 5.41 Å². The number of halogens is 1. The summed E-state index contributed by atoms with van der Waals surface area (Å²) in [6, 6.07) is 8.35. The number of carbonyl (C=O) groups is 1. The molecule has 3 rings (SSSR count). The molecule has 6 heteroatoms. The fourth-order valence-electron chi connectivity index (χ4n) is 3.93. The highest BCUT2D eigenvalue weighted by atomic mass is 79.9. The van der Waals surface area contributed by atoms with E-state index in [9.17, 15) is 4.79 Å². The summed E-state index contributed by atoms with van der Waals surface area (Å²) in [4.78, 5) is 14.0. The molecule has 1 heterocycles. The Morgan fingerprint density at radius 1 is 1.27 bits per heavy atom. The number of likely N-dealkylation sites (tertiary alicyclic amines) is 1. The van der Waals surface area contributed by atoms with Gasteiger partial charge in [0.25, 0.3) is 0 Å². The van der Waals surface area contributed by atoms with E-state index in [1.165, 1.54) is 0 Å². The Bertz CT molecular complexity index is 683. The van der Waals surface area contributed by atoms with Gasteiger partial charge in [0.2, 0.25) is 0 Å². The molecule has 2 aliphatic rings. The van der Waals surface area contributed by atoms with Crippen molar-refractivity contribution in [3.8, 4) is 0 Å². The van der Waals surface area contributed by atoms with Crippen molar-refractivity contribution in [1.82, 2.24) is 4.90 Å². The van der Waals surface area contributed by atoms with Crippen LogP contribution in [0.25, 0.3) is 0 Å². The predicted molar refractivity (Wildman–Crippen MR) is 108 cm³/mol. The van der Waals surface area contributed by atoms with Gasteiger partial charge in [0.1, 0.15) is 10.2 Å². The highest BCUT2D eigenvalue weighted by Crippen LogP contribution is 2.45. The van der Waals surface area contributed by atoms with Gasteiger partial charge in [-0.1, -0.05) is 18.2 Å². The fourth-order valence-corrected chi connectivity index (χ4v) is 4.28. The molecular formula is C20H28BrN3O2. The van der Waals surface area contributed by atoms with Crippen molar-refractivity contribution in [2.75, 3.05) is 18.4 Å². The number of carbonyl (C=O) groups excluding carboxylic acids is 1. The second-order valence-corrected chi connectivity index (χ2v) is 9.41. The zero-order chi connectivity index (χ0) is 18.9. The van der Waals surface area contributed by atoms with E-state index in [1.807, 2.05) is 49.9 Å². The Labute approximate surface area is 164 Å². The van der Waals surface area contributed by atoms with Crippen LogP contribution >= 0.6 is 15.9 Å². The van der Waals surface area contributed by atoms with Gasteiger partial charge in [-0.05, 0) is 68.5 Å². The maximum atomic E-state index is 12.1. The fraction of sp³-hybridized carbons (Fsp3) is 0.600. The highest BCUT2D eigenvalue weighted by molar-refractivity contribution is 9.18. The first-order chi connectivity index (χ1) is 12.2. The molecule has 1 aliphatic carbocycles.